The van der Waals surface area contributed by atoms with E-state index in [2.05, 4.69) is 25.7 Å². The van der Waals surface area contributed by atoms with Crippen LogP contribution in [0.4, 0.5) is 0 Å². The fourth-order valence-electron chi connectivity index (χ4n) is 3.88. The molecule has 0 amide bonds. The Hall–Kier alpha value is -0.370. The van der Waals surface area contributed by atoms with Gasteiger partial charge in [0.1, 0.15) is 5.78 Å². The average molecular weight is 265 g/mol. The van der Waals surface area contributed by atoms with E-state index in [4.69, 9.17) is 0 Å². The van der Waals surface area contributed by atoms with E-state index in [0.717, 1.165) is 37.6 Å². The highest BCUT2D eigenvalue weighted by Gasteiger charge is 2.32. The van der Waals surface area contributed by atoms with E-state index < -0.39 is 0 Å². The Morgan fingerprint density at radius 2 is 1.84 bits per heavy atom. The maximum Gasteiger partial charge on any atom is 0.137 e. The van der Waals surface area contributed by atoms with E-state index in [1.54, 1.807) is 0 Å². The van der Waals surface area contributed by atoms with Crippen LogP contribution in [0.2, 0.25) is 0 Å². The van der Waals surface area contributed by atoms with Gasteiger partial charge in [-0.15, -0.1) is 0 Å². The first kappa shape index (κ1) is 15.0. The topological polar surface area (TPSA) is 20.3 Å². The van der Waals surface area contributed by atoms with E-state index >= 15 is 0 Å². The highest BCUT2D eigenvalue weighted by atomic mass is 16.1. The summed E-state index contributed by atoms with van der Waals surface area (Å²) in [5.74, 6) is 2.52. The van der Waals surface area contributed by atoms with Gasteiger partial charge in [0.05, 0.1) is 0 Å². The van der Waals surface area contributed by atoms with Crippen LogP contribution in [0.3, 0.4) is 0 Å². The fourth-order valence-corrected chi connectivity index (χ4v) is 3.88. The number of likely N-dealkylation sites (tertiary alicyclic amines) is 1. The van der Waals surface area contributed by atoms with Crippen LogP contribution in [0, 0.1) is 17.8 Å². The zero-order chi connectivity index (χ0) is 13.8. The first-order chi connectivity index (χ1) is 9.13. The number of piperidine rings is 1. The largest absolute Gasteiger partial charge is 0.300 e. The summed E-state index contributed by atoms with van der Waals surface area (Å²) < 4.78 is 0. The van der Waals surface area contributed by atoms with Crippen molar-refractivity contribution in [2.75, 3.05) is 13.1 Å². The maximum absolute atomic E-state index is 12.2. The minimum atomic E-state index is 0.330. The smallest absolute Gasteiger partial charge is 0.137 e. The molecule has 0 radical (unpaired) electrons. The summed E-state index contributed by atoms with van der Waals surface area (Å²) >= 11 is 0. The molecule has 1 saturated heterocycles. The third-order valence-electron chi connectivity index (χ3n) is 5.59. The third-order valence-corrected chi connectivity index (χ3v) is 5.59. The number of carbonyl (C=O) groups is 1. The molecule has 0 aromatic heterocycles. The second-order valence-electron chi connectivity index (χ2n) is 6.87. The van der Waals surface area contributed by atoms with Crippen molar-refractivity contribution < 1.29 is 4.79 Å². The Bertz CT molecular complexity index is 302. The molecule has 4 unspecified atom stereocenters. The summed E-state index contributed by atoms with van der Waals surface area (Å²) in [5, 5.41) is 0. The van der Waals surface area contributed by atoms with Crippen molar-refractivity contribution in [3.8, 4) is 0 Å². The average Bonchev–Trinajstić information content (AvgIpc) is 2.43. The SMILES string of the molecule is CCC1CCC(=O)C(CN2CC(CC)CCC2C)C1. The van der Waals surface area contributed by atoms with Gasteiger partial charge in [-0.3, -0.25) is 9.69 Å². The monoisotopic (exact) mass is 265 g/mol. The van der Waals surface area contributed by atoms with Gasteiger partial charge in [-0.25, -0.2) is 0 Å². The Kier molecular flexibility index (Phi) is 5.44. The van der Waals surface area contributed by atoms with Crippen LogP contribution in [0.5, 0.6) is 0 Å². The first-order valence-electron chi connectivity index (χ1n) is 8.40. The number of hydrogen-bond donors (Lipinski definition) is 0. The number of nitrogens with zero attached hydrogens (tertiary/aromatic N) is 1. The molecule has 2 rings (SSSR count). The highest BCUT2D eigenvalue weighted by Crippen LogP contribution is 2.31. The molecule has 0 spiro atoms. The minimum absolute atomic E-state index is 0.330. The first-order valence-corrected chi connectivity index (χ1v) is 8.40. The molecule has 2 nitrogen and oxygen atoms in total. The van der Waals surface area contributed by atoms with Crippen molar-refractivity contribution in [2.24, 2.45) is 17.8 Å². The maximum atomic E-state index is 12.2. The van der Waals surface area contributed by atoms with Gasteiger partial charge in [-0.1, -0.05) is 26.7 Å². The predicted molar refractivity (Wildman–Crippen MR) is 80.2 cm³/mol. The van der Waals surface area contributed by atoms with Crippen LogP contribution in [-0.2, 0) is 4.79 Å². The zero-order valence-corrected chi connectivity index (χ0v) is 13.0. The zero-order valence-electron chi connectivity index (χ0n) is 13.0. The molecule has 2 fully saturated rings. The number of ketones is 1. The summed E-state index contributed by atoms with van der Waals surface area (Å²) in [5.41, 5.74) is 0. The van der Waals surface area contributed by atoms with Gasteiger partial charge in [0.15, 0.2) is 0 Å². The Balaban J connectivity index is 1.92. The number of hydrogen-bond acceptors (Lipinski definition) is 2. The third kappa shape index (κ3) is 3.81. The lowest BCUT2D eigenvalue weighted by molar-refractivity contribution is -0.126. The van der Waals surface area contributed by atoms with Crippen LogP contribution >= 0.6 is 0 Å². The molecule has 1 heterocycles. The van der Waals surface area contributed by atoms with E-state index in [1.807, 2.05) is 0 Å². The van der Waals surface area contributed by atoms with Gasteiger partial charge in [-0.05, 0) is 44.4 Å². The van der Waals surface area contributed by atoms with Gasteiger partial charge < -0.3 is 0 Å². The second-order valence-corrected chi connectivity index (χ2v) is 6.87. The fraction of sp³-hybridized carbons (Fsp3) is 0.941. The van der Waals surface area contributed by atoms with Gasteiger partial charge in [-0.2, -0.15) is 0 Å². The summed E-state index contributed by atoms with van der Waals surface area (Å²) in [7, 11) is 0. The minimum Gasteiger partial charge on any atom is -0.300 e. The van der Waals surface area contributed by atoms with Crippen LogP contribution in [-0.4, -0.2) is 29.8 Å². The molecule has 110 valence electrons. The van der Waals surface area contributed by atoms with Crippen molar-refractivity contribution in [3.05, 3.63) is 0 Å². The summed E-state index contributed by atoms with van der Waals surface area (Å²) in [6.45, 7) is 9.17. The van der Waals surface area contributed by atoms with Crippen molar-refractivity contribution in [1.82, 2.24) is 4.90 Å². The van der Waals surface area contributed by atoms with Gasteiger partial charge in [0, 0.05) is 31.5 Å². The van der Waals surface area contributed by atoms with E-state index in [0.29, 0.717) is 17.7 Å². The molecule has 1 aliphatic carbocycles. The van der Waals surface area contributed by atoms with Crippen LogP contribution in [0.25, 0.3) is 0 Å². The summed E-state index contributed by atoms with van der Waals surface area (Å²) in [6, 6.07) is 0.678. The molecule has 2 heteroatoms. The molecule has 0 N–H and O–H groups in total. The summed E-state index contributed by atoms with van der Waals surface area (Å²) in [6.07, 6.45) is 8.36. The van der Waals surface area contributed by atoms with Crippen LogP contribution in [0.15, 0.2) is 0 Å². The molecular weight excluding hydrogens is 234 g/mol. The lowest BCUT2D eigenvalue weighted by Crippen LogP contribution is -2.46. The molecule has 1 saturated carbocycles. The Morgan fingerprint density at radius 1 is 1.11 bits per heavy atom. The molecular formula is C17H31NO. The highest BCUT2D eigenvalue weighted by molar-refractivity contribution is 5.81. The van der Waals surface area contributed by atoms with Crippen LogP contribution < -0.4 is 0 Å². The summed E-state index contributed by atoms with van der Waals surface area (Å²) in [4.78, 5) is 14.8. The van der Waals surface area contributed by atoms with Crippen molar-refractivity contribution in [3.63, 3.8) is 0 Å². The van der Waals surface area contributed by atoms with E-state index in [9.17, 15) is 4.79 Å². The molecule has 1 aliphatic heterocycles. The lowest BCUT2D eigenvalue weighted by Gasteiger charge is -2.40. The number of carbonyl (C=O) groups excluding carboxylic acids is 1. The van der Waals surface area contributed by atoms with Gasteiger partial charge in [0.25, 0.3) is 0 Å². The Labute approximate surface area is 118 Å². The Morgan fingerprint density at radius 3 is 2.53 bits per heavy atom. The number of Topliss-reactive ketones (excluding diaryl/α,β-unsaturated/α-hetero) is 1. The van der Waals surface area contributed by atoms with Crippen LogP contribution in [0.1, 0.15) is 65.7 Å². The molecule has 2 aliphatic rings. The standard InChI is InChI=1S/C17H31NO/c1-4-14-8-9-17(19)16(10-14)12-18-11-15(5-2)7-6-13(18)3/h13-16H,4-12H2,1-3H3. The van der Waals surface area contributed by atoms with E-state index in [-0.39, 0.29) is 0 Å². The molecule has 19 heavy (non-hydrogen) atoms. The molecule has 0 aromatic rings. The normalized spacial score (nSPS) is 37.5. The van der Waals surface area contributed by atoms with Gasteiger partial charge >= 0.3 is 0 Å². The molecule has 0 aromatic carbocycles. The second kappa shape index (κ2) is 6.88. The van der Waals surface area contributed by atoms with E-state index in [1.165, 1.54) is 32.2 Å². The number of rotatable bonds is 4. The van der Waals surface area contributed by atoms with Gasteiger partial charge in [0.2, 0.25) is 0 Å². The molecule has 0 bridgehead atoms. The quantitative estimate of drug-likeness (QED) is 0.768. The van der Waals surface area contributed by atoms with Crippen molar-refractivity contribution in [1.29, 1.82) is 0 Å². The molecule has 4 atom stereocenters. The van der Waals surface area contributed by atoms with Crippen molar-refractivity contribution in [2.45, 2.75) is 71.8 Å². The van der Waals surface area contributed by atoms with Crippen molar-refractivity contribution >= 4 is 5.78 Å². The lowest BCUT2D eigenvalue weighted by atomic mass is 9.78. The predicted octanol–water partition coefficient (Wildman–Crippen LogP) is 3.89.